The van der Waals surface area contributed by atoms with Crippen molar-refractivity contribution in [3.8, 4) is 0 Å². The molecule has 0 heterocycles. The van der Waals surface area contributed by atoms with Crippen LogP contribution in [-0.4, -0.2) is 11.0 Å². The van der Waals surface area contributed by atoms with Gasteiger partial charge in [-0.3, -0.25) is 10.1 Å². The van der Waals surface area contributed by atoms with E-state index < -0.39 is 0 Å². The third-order valence-electron chi connectivity index (χ3n) is 4.72. The zero-order valence-corrected chi connectivity index (χ0v) is 13.2. The molecule has 1 fully saturated rings. The number of non-ortho nitro benzene ring substituents is 1. The second kappa shape index (κ2) is 7.03. The lowest BCUT2D eigenvalue weighted by molar-refractivity contribution is -0.384. The summed E-state index contributed by atoms with van der Waals surface area (Å²) in [5.41, 5.74) is 1.17. The lowest BCUT2D eigenvalue weighted by Gasteiger charge is -2.37. The monoisotopic (exact) mass is 290 g/mol. The topological polar surface area (TPSA) is 55.2 Å². The van der Waals surface area contributed by atoms with Crippen molar-refractivity contribution >= 4 is 5.69 Å². The Hall–Kier alpha value is -1.42. The fourth-order valence-electron chi connectivity index (χ4n) is 3.49. The van der Waals surface area contributed by atoms with Crippen molar-refractivity contribution in [2.45, 2.75) is 58.5 Å². The Morgan fingerprint density at radius 2 is 1.95 bits per heavy atom. The normalized spacial score (nSPS) is 24.0. The average Bonchev–Trinajstić information content (AvgIpc) is 2.47. The van der Waals surface area contributed by atoms with Gasteiger partial charge in [0.15, 0.2) is 0 Å². The summed E-state index contributed by atoms with van der Waals surface area (Å²) in [4.78, 5) is 10.6. The third kappa shape index (κ3) is 4.03. The number of hydrogen-bond donors (Lipinski definition) is 1. The Morgan fingerprint density at radius 1 is 1.24 bits per heavy atom. The molecule has 0 amide bonds. The van der Waals surface area contributed by atoms with E-state index in [4.69, 9.17) is 0 Å². The molecule has 1 aliphatic carbocycles. The Morgan fingerprint density at radius 3 is 2.62 bits per heavy atom. The van der Waals surface area contributed by atoms with E-state index in [1.807, 2.05) is 6.07 Å². The number of nitrogens with zero attached hydrogens (tertiary/aromatic N) is 1. The molecule has 116 valence electrons. The molecule has 3 atom stereocenters. The molecule has 4 nitrogen and oxygen atoms in total. The van der Waals surface area contributed by atoms with Crippen LogP contribution in [-0.2, 0) is 0 Å². The van der Waals surface area contributed by atoms with Crippen molar-refractivity contribution in [3.05, 3.63) is 39.9 Å². The van der Waals surface area contributed by atoms with Crippen LogP contribution in [0.2, 0.25) is 0 Å². The minimum absolute atomic E-state index is 0.147. The minimum atomic E-state index is -0.326. The van der Waals surface area contributed by atoms with Crippen LogP contribution in [0.15, 0.2) is 24.3 Å². The van der Waals surface area contributed by atoms with E-state index in [9.17, 15) is 10.1 Å². The quantitative estimate of drug-likeness (QED) is 0.643. The van der Waals surface area contributed by atoms with Gasteiger partial charge >= 0.3 is 0 Å². The third-order valence-corrected chi connectivity index (χ3v) is 4.72. The highest BCUT2D eigenvalue weighted by molar-refractivity contribution is 5.35. The maximum atomic E-state index is 10.9. The number of benzene rings is 1. The van der Waals surface area contributed by atoms with Crippen molar-refractivity contribution in [2.75, 3.05) is 0 Å². The van der Waals surface area contributed by atoms with E-state index in [2.05, 4.69) is 26.1 Å². The fraction of sp³-hybridized carbons (Fsp3) is 0.647. The van der Waals surface area contributed by atoms with E-state index in [0.29, 0.717) is 17.9 Å². The molecule has 0 spiro atoms. The SMILES string of the molecule is CC(NC1CCCCC1C(C)C)c1cccc([N+](=O)[O-])c1. The molecule has 3 unspecified atom stereocenters. The predicted octanol–water partition coefficient (Wildman–Crippen LogP) is 4.46. The molecule has 0 aliphatic heterocycles. The zero-order chi connectivity index (χ0) is 15.4. The first kappa shape index (κ1) is 16.0. The molecule has 1 N–H and O–H groups in total. The van der Waals surface area contributed by atoms with Gasteiger partial charge in [0.1, 0.15) is 0 Å². The molecule has 21 heavy (non-hydrogen) atoms. The highest BCUT2D eigenvalue weighted by atomic mass is 16.6. The van der Waals surface area contributed by atoms with Crippen molar-refractivity contribution in [2.24, 2.45) is 11.8 Å². The van der Waals surface area contributed by atoms with Crippen LogP contribution in [0.25, 0.3) is 0 Å². The first-order valence-electron chi connectivity index (χ1n) is 7.99. The van der Waals surface area contributed by atoms with Crippen molar-refractivity contribution in [1.29, 1.82) is 0 Å². The van der Waals surface area contributed by atoms with Gasteiger partial charge in [0, 0.05) is 24.2 Å². The molecule has 0 radical (unpaired) electrons. The maximum absolute atomic E-state index is 10.9. The average molecular weight is 290 g/mol. The summed E-state index contributed by atoms with van der Waals surface area (Å²) < 4.78 is 0. The smallest absolute Gasteiger partial charge is 0.269 e. The first-order valence-corrected chi connectivity index (χ1v) is 7.99. The molecular formula is C17H26N2O2. The van der Waals surface area contributed by atoms with E-state index in [-0.39, 0.29) is 16.7 Å². The van der Waals surface area contributed by atoms with E-state index in [1.54, 1.807) is 18.2 Å². The highest BCUT2D eigenvalue weighted by Gasteiger charge is 2.28. The molecular weight excluding hydrogens is 264 g/mol. The molecule has 1 aromatic carbocycles. The van der Waals surface area contributed by atoms with Gasteiger partial charge < -0.3 is 5.32 Å². The number of nitro benzene ring substituents is 1. The van der Waals surface area contributed by atoms with Crippen LogP contribution in [0.5, 0.6) is 0 Å². The summed E-state index contributed by atoms with van der Waals surface area (Å²) in [6.45, 7) is 6.69. The van der Waals surface area contributed by atoms with E-state index in [0.717, 1.165) is 5.56 Å². The molecule has 0 saturated heterocycles. The molecule has 4 heteroatoms. The van der Waals surface area contributed by atoms with Gasteiger partial charge in [-0.15, -0.1) is 0 Å². The maximum Gasteiger partial charge on any atom is 0.269 e. The second-order valence-corrected chi connectivity index (χ2v) is 6.54. The van der Waals surface area contributed by atoms with Crippen molar-refractivity contribution in [1.82, 2.24) is 5.32 Å². The number of rotatable bonds is 5. The minimum Gasteiger partial charge on any atom is -0.307 e. The second-order valence-electron chi connectivity index (χ2n) is 6.54. The zero-order valence-electron chi connectivity index (χ0n) is 13.2. The largest absolute Gasteiger partial charge is 0.307 e. The lowest BCUT2D eigenvalue weighted by Crippen LogP contribution is -2.42. The van der Waals surface area contributed by atoms with Crippen LogP contribution in [0, 0.1) is 22.0 Å². The summed E-state index contributed by atoms with van der Waals surface area (Å²) in [5.74, 6) is 1.39. The predicted molar refractivity (Wildman–Crippen MR) is 85.2 cm³/mol. The number of nitrogens with one attached hydrogen (secondary N) is 1. The lowest BCUT2D eigenvalue weighted by atomic mass is 9.77. The summed E-state index contributed by atoms with van der Waals surface area (Å²) in [6, 6.07) is 7.64. The van der Waals surface area contributed by atoms with Crippen LogP contribution < -0.4 is 5.32 Å². The fourth-order valence-corrected chi connectivity index (χ4v) is 3.49. The Bertz CT molecular complexity index is 487. The van der Waals surface area contributed by atoms with E-state index in [1.165, 1.54) is 25.7 Å². The number of hydrogen-bond acceptors (Lipinski definition) is 3. The Labute approximate surface area is 127 Å². The van der Waals surface area contributed by atoms with Gasteiger partial charge in [-0.2, -0.15) is 0 Å². The molecule has 2 rings (SSSR count). The van der Waals surface area contributed by atoms with Gasteiger partial charge in [-0.25, -0.2) is 0 Å². The number of nitro groups is 1. The summed E-state index contributed by atoms with van der Waals surface area (Å²) >= 11 is 0. The summed E-state index contributed by atoms with van der Waals surface area (Å²) in [5, 5.41) is 14.6. The van der Waals surface area contributed by atoms with Crippen LogP contribution >= 0.6 is 0 Å². The highest BCUT2D eigenvalue weighted by Crippen LogP contribution is 2.32. The van der Waals surface area contributed by atoms with Gasteiger partial charge in [-0.05, 0) is 37.2 Å². The first-order chi connectivity index (χ1) is 9.99. The van der Waals surface area contributed by atoms with Gasteiger partial charge in [0.05, 0.1) is 4.92 Å². The van der Waals surface area contributed by atoms with Crippen LogP contribution in [0.4, 0.5) is 5.69 Å². The van der Waals surface area contributed by atoms with Gasteiger partial charge in [0.2, 0.25) is 0 Å². The summed E-state index contributed by atoms with van der Waals surface area (Å²) in [7, 11) is 0. The molecule has 1 saturated carbocycles. The van der Waals surface area contributed by atoms with Gasteiger partial charge in [0.25, 0.3) is 5.69 Å². The molecule has 1 aliphatic rings. The van der Waals surface area contributed by atoms with Gasteiger partial charge in [-0.1, -0.05) is 38.8 Å². The Kier molecular flexibility index (Phi) is 5.34. The summed E-state index contributed by atoms with van der Waals surface area (Å²) in [6.07, 6.45) is 5.11. The van der Waals surface area contributed by atoms with E-state index >= 15 is 0 Å². The molecule has 0 aromatic heterocycles. The molecule has 1 aromatic rings. The van der Waals surface area contributed by atoms with Crippen molar-refractivity contribution < 1.29 is 4.92 Å². The van der Waals surface area contributed by atoms with Crippen LogP contribution in [0.3, 0.4) is 0 Å². The standard InChI is InChI=1S/C17H26N2O2/c1-12(2)16-9-4-5-10-17(16)18-13(3)14-7-6-8-15(11-14)19(20)21/h6-8,11-13,16-18H,4-5,9-10H2,1-3H3. The molecule has 0 bridgehead atoms. The Balaban J connectivity index is 2.07. The van der Waals surface area contributed by atoms with Crippen molar-refractivity contribution in [3.63, 3.8) is 0 Å². The van der Waals surface area contributed by atoms with Crippen LogP contribution in [0.1, 0.15) is 58.1 Å².